The molecule has 2 aromatic heterocycles. The van der Waals surface area contributed by atoms with Gasteiger partial charge >= 0.3 is 0 Å². The molecule has 1 N–H and O–H groups in total. The number of aromatic nitrogens is 4. The molecule has 2 aromatic rings. The SMILES string of the molecule is CCCCOc1cc(NCCCn2ccnc2)ncn1. The van der Waals surface area contributed by atoms with Crippen LogP contribution in [-0.2, 0) is 6.54 Å². The second kappa shape index (κ2) is 8.14. The van der Waals surface area contributed by atoms with Crippen LogP contribution < -0.4 is 10.1 Å². The van der Waals surface area contributed by atoms with Gasteiger partial charge in [-0.3, -0.25) is 0 Å². The third kappa shape index (κ3) is 4.87. The largest absolute Gasteiger partial charge is 0.478 e. The summed E-state index contributed by atoms with van der Waals surface area (Å²) in [6.07, 6.45) is 10.3. The molecule has 108 valence electrons. The highest BCUT2D eigenvalue weighted by Gasteiger charge is 1.99. The molecule has 6 heteroatoms. The van der Waals surface area contributed by atoms with Crippen LogP contribution in [0.4, 0.5) is 5.82 Å². The minimum atomic E-state index is 0.630. The van der Waals surface area contributed by atoms with E-state index >= 15 is 0 Å². The first-order valence-corrected chi connectivity index (χ1v) is 7.03. The van der Waals surface area contributed by atoms with Gasteiger partial charge in [0.25, 0.3) is 0 Å². The monoisotopic (exact) mass is 275 g/mol. The number of nitrogens with zero attached hydrogens (tertiary/aromatic N) is 4. The van der Waals surface area contributed by atoms with E-state index in [1.807, 2.05) is 18.6 Å². The lowest BCUT2D eigenvalue weighted by Crippen LogP contribution is -2.07. The first kappa shape index (κ1) is 14.3. The molecule has 6 nitrogen and oxygen atoms in total. The standard InChI is InChI=1S/C14H21N5O/c1-2-3-9-20-14-10-13(17-11-18-14)16-5-4-7-19-8-6-15-12-19/h6,8,10-12H,2-5,7,9H2,1H3,(H,16,17,18). The third-order valence-corrected chi connectivity index (χ3v) is 2.85. The Labute approximate surface area is 119 Å². The number of hydrogen-bond acceptors (Lipinski definition) is 5. The van der Waals surface area contributed by atoms with E-state index < -0.39 is 0 Å². The summed E-state index contributed by atoms with van der Waals surface area (Å²) in [6, 6.07) is 1.84. The van der Waals surface area contributed by atoms with Crippen molar-refractivity contribution in [3.8, 4) is 5.88 Å². The summed E-state index contributed by atoms with van der Waals surface area (Å²) < 4.78 is 7.61. The summed E-state index contributed by atoms with van der Waals surface area (Å²) in [7, 11) is 0. The predicted octanol–water partition coefficient (Wildman–Crippen LogP) is 2.35. The summed E-state index contributed by atoms with van der Waals surface area (Å²) >= 11 is 0. The molecule has 2 rings (SSSR count). The minimum Gasteiger partial charge on any atom is -0.478 e. The summed E-state index contributed by atoms with van der Waals surface area (Å²) in [6.45, 7) is 4.63. The first-order chi connectivity index (χ1) is 9.88. The number of rotatable bonds is 9. The first-order valence-electron chi connectivity index (χ1n) is 7.03. The van der Waals surface area contributed by atoms with Gasteiger partial charge in [0.1, 0.15) is 12.1 Å². The Morgan fingerprint density at radius 1 is 1.30 bits per heavy atom. The smallest absolute Gasteiger partial charge is 0.218 e. The number of hydrogen-bond donors (Lipinski definition) is 1. The van der Waals surface area contributed by atoms with Crippen molar-refractivity contribution in [2.45, 2.75) is 32.7 Å². The zero-order valence-electron chi connectivity index (χ0n) is 11.8. The van der Waals surface area contributed by atoms with E-state index in [0.717, 1.165) is 38.2 Å². The molecule has 0 aliphatic carbocycles. The van der Waals surface area contributed by atoms with Gasteiger partial charge in [-0.2, -0.15) is 0 Å². The van der Waals surface area contributed by atoms with E-state index in [0.29, 0.717) is 12.5 Å². The molecule has 0 aromatic carbocycles. The predicted molar refractivity (Wildman–Crippen MR) is 77.8 cm³/mol. The average molecular weight is 275 g/mol. The van der Waals surface area contributed by atoms with Crippen LogP contribution in [0.3, 0.4) is 0 Å². The molecule has 2 heterocycles. The van der Waals surface area contributed by atoms with E-state index in [2.05, 4.69) is 31.8 Å². The third-order valence-electron chi connectivity index (χ3n) is 2.85. The fourth-order valence-electron chi connectivity index (χ4n) is 1.73. The van der Waals surface area contributed by atoms with Gasteiger partial charge in [-0.05, 0) is 12.8 Å². The average Bonchev–Trinajstić information content (AvgIpc) is 2.98. The number of ether oxygens (including phenoxy) is 1. The summed E-state index contributed by atoms with van der Waals surface area (Å²) in [4.78, 5) is 12.3. The van der Waals surface area contributed by atoms with Crippen LogP contribution in [-0.4, -0.2) is 32.7 Å². The molecule has 0 spiro atoms. The van der Waals surface area contributed by atoms with Crippen molar-refractivity contribution in [3.63, 3.8) is 0 Å². The summed E-state index contributed by atoms with van der Waals surface area (Å²) in [5.74, 6) is 1.43. The molecule has 0 unspecified atom stereocenters. The van der Waals surface area contributed by atoms with E-state index in [4.69, 9.17) is 4.74 Å². The van der Waals surface area contributed by atoms with E-state index in [9.17, 15) is 0 Å². The summed E-state index contributed by atoms with van der Waals surface area (Å²) in [5, 5.41) is 3.27. The maximum absolute atomic E-state index is 5.55. The van der Waals surface area contributed by atoms with Gasteiger partial charge in [0.2, 0.25) is 5.88 Å². The van der Waals surface area contributed by atoms with Gasteiger partial charge in [0.05, 0.1) is 12.9 Å². The summed E-state index contributed by atoms with van der Waals surface area (Å²) in [5.41, 5.74) is 0. The van der Waals surface area contributed by atoms with E-state index in [1.165, 1.54) is 6.33 Å². The Morgan fingerprint density at radius 2 is 2.25 bits per heavy atom. The van der Waals surface area contributed by atoms with Crippen molar-refractivity contribution < 1.29 is 4.74 Å². The van der Waals surface area contributed by atoms with Crippen LogP contribution in [0, 0.1) is 0 Å². The number of imidazole rings is 1. The Morgan fingerprint density at radius 3 is 3.05 bits per heavy atom. The van der Waals surface area contributed by atoms with Crippen LogP contribution in [0.5, 0.6) is 5.88 Å². The fourth-order valence-corrected chi connectivity index (χ4v) is 1.73. The van der Waals surface area contributed by atoms with Crippen molar-refractivity contribution >= 4 is 5.82 Å². The highest BCUT2D eigenvalue weighted by molar-refractivity contribution is 5.36. The second-order valence-corrected chi connectivity index (χ2v) is 4.52. The van der Waals surface area contributed by atoms with Crippen molar-refractivity contribution in [2.75, 3.05) is 18.5 Å². The molecule has 0 radical (unpaired) electrons. The quantitative estimate of drug-likeness (QED) is 0.712. The lowest BCUT2D eigenvalue weighted by Gasteiger charge is -2.08. The normalized spacial score (nSPS) is 10.4. The van der Waals surface area contributed by atoms with E-state index in [1.54, 1.807) is 6.20 Å². The Kier molecular flexibility index (Phi) is 5.82. The zero-order valence-corrected chi connectivity index (χ0v) is 11.8. The van der Waals surface area contributed by atoms with Crippen LogP contribution in [0.2, 0.25) is 0 Å². The number of anilines is 1. The second-order valence-electron chi connectivity index (χ2n) is 4.52. The minimum absolute atomic E-state index is 0.630. The van der Waals surface area contributed by atoms with Crippen molar-refractivity contribution in [1.29, 1.82) is 0 Å². The van der Waals surface area contributed by atoms with Crippen LogP contribution >= 0.6 is 0 Å². The van der Waals surface area contributed by atoms with Crippen molar-refractivity contribution in [3.05, 3.63) is 31.1 Å². The number of aryl methyl sites for hydroxylation is 1. The maximum Gasteiger partial charge on any atom is 0.218 e. The molecule has 0 fully saturated rings. The van der Waals surface area contributed by atoms with Crippen LogP contribution in [0.25, 0.3) is 0 Å². The Bertz CT molecular complexity index is 486. The number of nitrogens with one attached hydrogen (secondary N) is 1. The van der Waals surface area contributed by atoms with Gasteiger partial charge < -0.3 is 14.6 Å². The van der Waals surface area contributed by atoms with Gasteiger partial charge in [-0.25, -0.2) is 15.0 Å². The molecule has 0 bridgehead atoms. The Hall–Kier alpha value is -2.11. The number of unbranched alkanes of at least 4 members (excludes halogenated alkanes) is 1. The molecular formula is C14H21N5O. The molecule has 20 heavy (non-hydrogen) atoms. The molecule has 0 saturated heterocycles. The van der Waals surface area contributed by atoms with Crippen molar-refractivity contribution in [1.82, 2.24) is 19.5 Å². The topological polar surface area (TPSA) is 64.9 Å². The lowest BCUT2D eigenvalue weighted by atomic mass is 10.4. The molecular weight excluding hydrogens is 254 g/mol. The van der Waals surface area contributed by atoms with Gasteiger partial charge in [0.15, 0.2) is 0 Å². The zero-order chi connectivity index (χ0) is 14.0. The molecule has 0 saturated carbocycles. The maximum atomic E-state index is 5.55. The van der Waals surface area contributed by atoms with Crippen LogP contribution in [0.1, 0.15) is 26.2 Å². The molecule has 0 aliphatic rings. The van der Waals surface area contributed by atoms with Gasteiger partial charge in [-0.1, -0.05) is 13.3 Å². The molecule has 0 amide bonds. The fraction of sp³-hybridized carbons (Fsp3) is 0.500. The lowest BCUT2D eigenvalue weighted by molar-refractivity contribution is 0.297. The molecule has 0 atom stereocenters. The van der Waals surface area contributed by atoms with Crippen LogP contribution in [0.15, 0.2) is 31.1 Å². The highest BCUT2D eigenvalue weighted by atomic mass is 16.5. The van der Waals surface area contributed by atoms with Crippen molar-refractivity contribution in [2.24, 2.45) is 0 Å². The highest BCUT2D eigenvalue weighted by Crippen LogP contribution is 2.11. The van der Waals surface area contributed by atoms with Gasteiger partial charge in [-0.15, -0.1) is 0 Å². The molecule has 0 aliphatic heterocycles. The Balaban J connectivity index is 1.70. The van der Waals surface area contributed by atoms with Gasteiger partial charge in [0, 0.05) is 31.5 Å². The van der Waals surface area contributed by atoms with E-state index in [-0.39, 0.29) is 0 Å².